The van der Waals surface area contributed by atoms with Crippen LogP contribution in [0.25, 0.3) is 0 Å². The second kappa shape index (κ2) is 8.06. The quantitative estimate of drug-likeness (QED) is 0.798. The van der Waals surface area contributed by atoms with Gasteiger partial charge >= 0.3 is 5.97 Å². The number of carbonyl (C=O) groups is 1. The number of hydrogen-bond donors (Lipinski definition) is 1. The van der Waals surface area contributed by atoms with E-state index in [4.69, 9.17) is 9.47 Å². The van der Waals surface area contributed by atoms with Crippen LogP contribution in [0.15, 0.2) is 48.5 Å². The summed E-state index contributed by atoms with van der Waals surface area (Å²) in [5, 5.41) is 9.39. The molecule has 0 amide bonds. The topological polar surface area (TPSA) is 55.8 Å². The van der Waals surface area contributed by atoms with E-state index in [-0.39, 0.29) is 11.2 Å². The molecule has 0 bridgehead atoms. The van der Waals surface area contributed by atoms with Crippen molar-refractivity contribution in [2.45, 2.75) is 45.6 Å². The van der Waals surface area contributed by atoms with E-state index >= 15 is 0 Å². The molecular weight excluding hydrogens is 316 g/mol. The van der Waals surface area contributed by atoms with Crippen LogP contribution in [0.1, 0.15) is 38.8 Å². The smallest absolute Gasteiger partial charge is 0.347 e. The van der Waals surface area contributed by atoms with Crippen molar-refractivity contribution in [3.8, 4) is 11.5 Å². The Morgan fingerprint density at radius 3 is 2.16 bits per heavy atom. The van der Waals surface area contributed by atoms with Crippen molar-refractivity contribution < 1.29 is 19.4 Å². The van der Waals surface area contributed by atoms with E-state index in [0.29, 0.717) is 18.8 Å². The summed E-state index contributed by atoms with van der Waals surface area (Å²) in [6, 6.07) is 14.5. The third-order valence-corrected chi connectivity index (χ3v) is 3.91. The van der Waals surface area contributed by atoms with Crippen LogP contribution in [0.2, 0.25) is 0 Å². The summed E-state index contributed by atoms with van der Waals surface area (Å²) < 4.78 is 11.0. The van der Waals surface area contributed by atoms with Crippen LogP contribution in [-0.4, -0.2) is 23.8 Å². The molecule has 0 fully saturated rings. The second-order valence-electron chi connectivity index (χ2n) is 7.00. The monoisotopic (exact) mass is 342 g/mol. The Hall–Kier alpha value is -2.49. The summed E-state index contributed by atoms with van der Waals surface area (Å²) in [6.45, 7) is 8.52. The average Bonchev–Trinajstić information content (AvgIpc) is 2.56. The molecule has 1 N–H and O–H groups in total. The average molecular weight is 342 g/mol. The van der Waals surface area contributed by atoms with Crippen molar-refractivity contribution in [3.63, 3.8) is 0 Å². The van der Waals surface area contributed by atoms with Gasteiger partial charge in [-0.2, -0.15) is 0 Å². The first-order valence-electron chi connectivity index (χ1n) is 8.51. The van der Waals surface area contributed by atoms with Crippen LogP contribution >= 0.6 is 0 Å². The molecule has 4 nitrogen and oxygen atoms in total. The predicted molar refractivity (Wildman–Crippen MR) is 98.0 cm³/mol. The van der Waals surface area contributed by atoms with Gasteiger partial charge in [-0.25, -0.2) is 4.79 Å². The molecule has 0 aliphatic carbocycles. The number of aromatic hydroxyl groups is 1. The van der Waals surface area contributed by atoms with Crippen molar-refractivity contribution in [2.75, 3.05) is 6.61 Å². The highest BCUT2D eigenvalue weighted by Gasteiger charge is 2.23. The zero-order valence-corrected chi connectivity index (χ0v) is 15.3. The van der Waals surface area contributed by atoms with Crippen molar-refractivity contribution in [1.29, 1.82) is 0 Å². The van der Waals surface area contributed by atoms with Gasteiger partial charge in [0.15, 0.2) is 6.10 Å². The van der Waals surface area contributed by atoms with Gasteiger partial charge in [0.25, 0.3) is 0 Å². The van der Waals surface area contributed by atoms with E-state index in [9.17, 15) is 9.90 Å². The van der Waals surface area contributed by atoms with Crippen LogP contribution in [0.3, 0.4) is 0 Å². The molecule has 25 heavy (non-hydrogen) atoms. The first-order valence-corrected chi connectivity index (χ1v) is 8.51. The molecule has 134 valence electrons. The number of phenolic OH excluding ortho intramolecular Hbond substituents is 1. The van der Waals surface area contributed by atoms with Crippen molar-refractivity contribution in [1.82, 2.24) is 0 Å². The van der Waals surface area contributed by atoms with E-state index in [1.54, 1.807) is 31.2 Å². The number of hydrogen-bond acceptors (Lipinski definition) is 4. The summed E-state index contributed by atoms with van der Waals surface area (Å²) in [4.78, 5) is 12.2. The maximum absolute atomic E-state index is 12.2. The maximum atomic E-state index is 12.2. The fraction of sp³-hybridized carbons (Fsp3) is 0.381. The molecule has 2 rings (SSSR count). The molecule has 1 unspecified atom stereocenters. The number of esters is 1. The third kappa shape index (κ3) is 5.52. The minimum Gasteiger partial charge on any atom is -0.508 e. The molecule has 0 heterocycles. The van der Waals surface area contributed by atoms with Gasteiger partial charge in [0.2, 0.25) is 0 Å². The molecule has 2 aromatic rings. The van der Waals surface area contributed by atoms with E-state index in [1.807, 2.05) is 24.3 Å². The van der Waals surface area contributed by atoms with Gasteiger partial charge in [0.05, 0.1) is 6.61 Å². The summed E-state index contributed by atoms with van der Waals surface area (Å²) in [7, 11) is 0. The standard InChI is InChI=1S/C21H26O4/c1-5-24-20(23)19(14-15-6-10-17(22)11-7-15)25-18-12-8-16(9-13-18)21(2,3)4/h6-13,19,22H,5,14H2,1-4H3. The lowest BCUT2D eigenvalue weighted by Gasteiger charge is -2.21. The number of rotatable bonds is 6. The van der Waals surface area contributed by atoms with Crippen LogP contribution in [0.4, 0.5) is 0 Å². The lowest BCUT2D eigenvalue weighted by molar-refractivity contribution is -0.151. The molecule has 0 radical (unpaired) electrons. The molecule has 4 heteroatoms. The Balaban J connectivity index is 2.15. The fourth-order valence-electron chi connectivity index (χ4n) is 2.45. The second-order valence-corrected chi connectivity index (χ2v) is 7.00. The van der Waals surface area contributed by atoms with Crippen LogP contribution < -0.4 is 4.74 Å². The van der Waals surface area contributed by atoms with Gasteiger partial charge in [-0.05, 0) is 47.7 Å². The minimum atomic E-state index is -0.732. The summed E-state index contributed by atoms with van der Waals surface area (Å²) in [5.41, 5.74) is 2.15. The van der Waals surface area contributed by atoms with E-state index < -0.39 is 12.1 Å². The highest BCUT2D eigenvalue weighted by atomic mass is 16.6. The highest BCUT2D eigenvalue weighted by Crippen LogP contribution is 2.25. The van der Waals surface area contributed by atoms with Crippen LogP contribution in [-0.2, 0) is 21.4 Å². The highest BCUT2D eigenvalue weighted by molar-refractivity contribution is 5.75. The molecular formula is C21H26O4. The van der Waals surface area contributed by atoms with Crippen LogP contribution in [0.5, 0.6) is 11.5 Å². The molecule has 2 aromatic carbocycles. The van der Waals surface area contributed by atoms with Crippen molar-refractivity contribution >= 4 is 5.97 Å². The Bertz CT molecular complexity index is 681. The molecule has 0 saturated carbocycles. The summed E-state index contributed by atoms with van der Waals surface area (Å²) >= 11 is 0. The van der Waals surface area contributed by atoms with Gasteiger partial charge in [-0.3, -0.25) is 0 Å². The van der Waals surface area contributed by atoms with E-state index in [1.165, 1.54) is 5.56 Å². The largest absolute Gasteiger partial charge is 0.508 e. The normalized spacial score (nSPS) is 12.5. The SMILES string of the molecule is CCOC(=O)C(Cc1ccc(O)cc1)Oc1ccc(C(C)(C)C)cc1. The van der Waals surface area contributed by atoms with Crippen molar-refractivity contribution in [3.05, 3.63) is 59.7 Å². The predicted octanol–water partition coefficient (Wildman–Crippen LogP) is 4.24. The summed E-state index contributed by atoms with van der Waals surface area (Å²) in [5.74, 6) is 0.426. The number of ether oxygens (including phenoxy) is 2. The first-order chi connectivity index (χ1) is 11.8. The lowest BCUT2D eigenvalue weighted by atomic mass is 9.87. The van der Waals surface area contributed by atoms with Crippen molar-refractivity contribution in [2.24, 2.45) is 0 Å². The van der Waals surface area contributed by atoms with E-state index in [2.05, 4.69) is 20.8 Å². The van der Waals surface area contributed by atoms with E-state index in [0.717, 1.165) is 5.56 Å². The Labute approximate surface area is 149 Å². The number of benzene rings is 2. The molecule has 0 aliphatic rings. The lowest BCUT2D eigenvalue weighted by Crippen LogP contribution is -2.31. The molecule has 1 atom stereocenters. The number of carbonyl (C=O) groups excluding carboxylic acids is 1. The zero-order valence-electron chi connectivity index (χ0n) is 15.3. The molecule has 0 aliphatic heterocycles. The minimum absolute atomic E-state index is 0.0606. The van der Waals surface area contributed by atoms with Gasteiger partial charge in [0.1, 0.15) is 11.5 Å². The van der Waals surface area contributed by atoms with Gasteiger partial charge in [0, 0.05) is 6.42 Å². The molecule has 0 saturated heterocycles. The number of phenols is 1. The third-order valence-electron chi connectivity index (χ3n) is 3.91. The Kier molecular flexibility index (Phi) is 6.07. The maximum Gasteiger partial charge on any atom is 0.347 e. The Morgan fingerprint density at radius 2 is 1.64 bits per heavy atom. The van der Waals surface area contributed by atoms with Gasteiger partial charge in [-0.1, -0.05) is 45.0 Å². The van der Waals surface area contributed by atoms with Crippen LogP contribution in [0, 0.1) is 0 Å². The Morgan fingerprint density at radius 1 is 1.04 bits per heavy atom. The van der Waals surface area contributed by atoms with Gasteiger partial charge in [-0.15, -0.1) is 0 Å². The van der Waals surface area contributed by atoms with Gasteiger partial charge < -0.3 is 14.6 Å². The molecule has 0 spiro atoms. The first kappa shape index (κ1) is 18.8. The molecule has 0 aromatic heterocycles. The summed E-state index contributed by atoms with van der Waals surface area (Å²) in [6.07, 6.45) is -0.356. The fourth-order valence-corrected chi connectivity index (χ4v) is 2.45. The zero-order chi connectivity index (χ0) is 18.4.